The fraction of sp³-hybridized carbons (Fsp3) is 0.200. The first-order chi connectivity index (χ1) is 15.5. The molecule has 0 unspecified atom stereocenters. The minimum absolute atomic E-state index is 0.0643. The highest BCUT2D eigenvalue weighted by atomic mass is 16.6. The maximum Gasteiger partial charge on any atom is 0.343 e. The van der Waals surface area contributed by atoms with E-state index < -0.39 is 5.97 Å². The molecular weight excluding hydrogens is 412 g/mol. The van der Waals surface area contributed by atoms with Crippen LogP contribution in [-0.4, -0.2) is 33.1 Å². The molecular formula is C25H24O7. The highest BCUT2D eigenvalue weighted by Gasteiger charge is 2.27. The normalized spacial score (nSPS) is 10.2. The molecule has 0 aliphatic carbocycles. The minimum atomic E-state index is -0.671. The van der Waals surface area contributed by atoms with Crippen LogP contribution in [0.3, 0.4) is 0 Å². The molecule has 3 aromatic rings. The summed E-state index contributed by atoms with van der Waals surface area (Å²) in [6.07, 6.45) is 0. The quantitative estimate of drug-likeness (QED) is 0.273. The largest absolute Gasteiger partial charge is 0.496 e. The fourth-order valence-corrected chi connectivity index (χ4v) is 3.11. The molecule has 0 fully saturated rings. The van der Waals surface area contributed by atoms with Crippen molar-refractivity contribution in [3.05, 3.63) is 77.4 Å². The van der Waals surface area contributed by atoms with Gasteiger partial charge in [0.2, 0.25) is 5.75 Å². The van der Waals surface area contributed by atoms with E-state index in [2.05, 4.69) is 0 Å². The van der Waals surface area contributed by atoms with Gasteiger partial charge in [-0.05, 0) is 36.8 Å². The second-order valence-electron chi connectivity index (χ2n) is 6.76. The number of ether oxygens (including phenoxy) is 5. The van der Waals surface area contributed by atoms with E-state index >= 15 is 0 Å². The average Bonchev–Trinajstić information content (AvgIpc) is 2.82. The number of ketones is 1. The number of methoxy groups -OCH3 is 3. The molecule has 0 saturated heterocycles. The Kier molecular flexibility index (Phi) is 7.33. The van der Waals surface area contributed by atoms with Gasteiger partial charge in [0, 0.05) is 6.07 Å². The third-order valence-electron chi connectivity index (χ3n) is 4.69. The average molecular weight is 436 g/mol. The van der Waals surface area contributed by atoms with Gasteiger partial charge in [-0.1, -0.05) is 30.3 Å². The Labute approximate surface area is 186 Å². The molecule has 0 aliphatic rings. The number of carbonyl (C=O) groups is 2. The minimum Gasteiger partial charge on any atom is -0.496 e. The molecule has 0 amide bonds. The van der Waals surface area contributed by atoms with Crippen LogP contribution in [0.25, 0.3) is 0 Å². The summed E-state index contributed by atoms with van der Waals surface area (Å²) in [6.45, 7) is 1.76. The number of Topliss-reactive ketones (excluding diaryl/α,β-unsaturated/α-hetero) is 1. The molecule has 7 heteroatoms. The number of carbonyl (C=O) groups excluding carboxylic acids is 2. The standard InChI is InChI=1S/C25H24O7/c1-16(26)22-20(28-2)14-21(29-3)23(30-4)24(22)32-25(27)18-10-12-19(13-11-18)31-15-17-8-6-5-7-9-17/h5-14H,15H2,1-4H3. The first-order valence-corrected chi connectivity index (χ1v) is 9.81. The van der Waals surface area contributed by atoms with Crippen molar-refractivity contribution in [3.63, 3.8) is 0 Å². The van der Waals surface area contributed by atoms with Gasteiger partial charge in [0.15, 0.2) is 17.3 Å². The van der Waals surface area contributed by atoms with E-state index in [1.165, 1.54) is 34.3 Å². The second-order valence-corrected chi connectivity index (χ2v) is 6.76. The van der Waals surface area contributed by atoms with Crippen LogP contribution < -0.4 is 23.7 Å². The van der Waals surface area contributed by atoms with Crippen LogP contribution in [-0.2, 0) is 6.61 Å². The van der Waals surface area contributed by atoms with E-state index in [1.807, 2.05) is 30.3 Å². The van der Waals surface area contributed by atoms with Gasteiger partial charge in [-0.2, -0.15) is 0 Å². The van der Waals surface area contributed by atoms with E-state index in [1.54, 1.807) is 24.3 Å². The highest BCUT2D eigenvalue weighted by Crippen LogP contribution is 2.45. The van der Waals surface area contributed by atoms with Crippen LogP contribution in [0.1, 0.15) is 33.2 Å². The third kappa shape index (κ3) is 5.00. The maximum atomic E-state index is 12.8. The zero-order valence-corrected chi connectivity index (χ0v) is 18.3. The Morgan fingerprint density at radius 2 is 1.44 bits per heavy atom. The summed E-state index contributed by atoms with van der Waals surface area (Å²) in [5.41, 5.74) is 1.39. The number of benzene rings is 3. The van der Waals surface area contributed by atoms with Gasteiger partial charge >= 0.3 is 5.97 Å². The van der Waals surface area contributed by atoms with Crippen LogP contribution in [0.4, 0.5) is 0 Å². The fourth-order valence-electron chi connectivity index (χ4n) is 3.11. The molecule has 166 valence electrons. The van der Waals surface area contributed by atoms with Gasteiger partial charge in [0.05, 0.1) is 26.9 Å². The molecule has 3 aromatic carbocycles. The SMILES string of the molecule is COc1cc(OC)c(C(C)=O)c(OC(=O)c2ccc(OCc3ccccc3)cc2)c1OC. The Bertz CT molecular complexity index is 1090. The molecule has 3 rings (SSSR count). The van der Waals surface area contributed by atoms with Crippen molar-refractivity contribution in [1.82, 2.24) is 0 Å². The predicted molar refractivity (Wildman–Crippen MR) is 118 cm³/mol. The monoisotopic (exact) mass is 436 g/mol. The first-order valence-electron chi connectivity index (χ1n) is 9.81. The zero-order valence-electron chi connectivity index (χ0n) is 18.3. The summed E-state index contributed by atoms with van der Waals surface area (Å²) in [5, 5.41) is 0. The number of rotatable bonds is 9. The number of esters is 1. The van der Waals surface area contributed by atoms with Gasteiger partial charge in [-0.3, -0.25) is 4.79 Å². The Balaban J connectivity index is 1.84. The van der Waals surface area contributed by atoms with Crippen molar-refractivity contribution in [2.75, 3.05) is 21.3 Å². The molecule has 0 aliphatic heterocycles. The van der Waals surface area contributed by atoms with Crippen molar-refractivity contribution in [2.45, 2.75) is 13.5 Å². The first kappa shape index (κ1) is 22.7. The molecule has 0 heterocycles. The smallest absolute Gasteiger partial charge is 0.343 e. The molecule has 0 saturated carbocycles. The molecule has 7 nitrogen and oxygen atoms in total. The summed E-state index contributed by atoms with van der Waals surface area (Å²) >= 11 is 0. The van der Waals surface area contributed by atoms with Gasteiger partial charge in [0.1, 0.15) is 23.7 Å². The molecule has 0 aromatic heterocycles. The predicted octanol–water partition coefficient (Wildman–Crippen LogP) is 4.71. The number of hydrogen-bond donors (Lipinski definition) is 0. The van der Waals surface area contributed by atoms with Crippen molar-refractivity contribution < 1.29 is 33.3 Å². The van der Waals surface area contributed by atoms with Crippen molar-refractivity contribution in [2.24, 2.45) is 0 Å². The lowest BCUT2D eigenvalue weighted by atomic mass is 10.1. The molecule has 0 radical (unpaired) electrons. The van der Waals surface area contributed by atoms with Crippen LogP contribution in [0.15, 0.2) is 60.7 Å². The summed E-state index contributed by atoms with van der Waals surface area (Å²) < 4.78 is 27.3. The summed E-state index contributed by atoms with van der Waals surface area (Å²) in [6, 6.07) is 17.8. The number of hydrogen-bond acceptors (Lipinski definition) is 7. The summed E-state index contributed by atoms with van der Waals surface area (Å²) in [5.74, 6) is 0.117. The van der Waals surface area contributed by atoms with Crippen molar-refractivity contribution in [3.8, 4) is 28.7 Å². The Morgan fingerprint density at radius 1 is 0.781 bits per heavy atom. The van der Waals surface area contributed by atoms with E-state index in [4.69, 9.17) is 23.7 Å². The molecule has 0 N–H and O–H groups in total. The van der Waals surface area contributed by atoms with Crippen LogP contribution in [0.5, 0.6) is 28.7 Å². The molecule has 0 spiro atoms. The van der Waals surface area contributed by atoms with Crippen LogP contribution >= 0.6 is 0 Å². The van der Waals surface area contributed by atoms with E-state index in [9.17, 15) is 9.59 Å². The third-order valence-corrected chi connectivity index (χ3v) is 4.69. The second kappa shape index (κ2) is 10.3. The zero-order chi connectivity index (χ0) is 23.1. The van der Waals surface area contributed by atoms with Crippen LogP contribution in [0.2, 0.25) is 0 Å². The van der Waals surface area contributed by atoms with E-state index in [-0.39, 0.29) is 39.9 Å². The topological polar surface area (TPSA) is 80.3 Å². The molecule has 0 atom stereocenters. The summed E-state index contributed by atoms with van der Waals surface area (Å²) in [4.78, 5) is 25.1. The molecule has 32 heavy (non-hydrogen) atoms. The van der Waals surface area contributed by atoms with Gasteiger partial charge in [-0.15, -0.1) is 0 Å². The lowest BCUT2D eigenvalue weighted by Crippen LogP contribution is -2.13. The van der Waals surface area contributed by atoms with Gasteiger partial charge in [-0.25, -0.2) is 4.79 Å². The highest BCUT2D eigenvalue weighted by molar-refractivity contribution is 6.03. The van der Waals surface area contributed by atoms with Crippen molar-refractivity contribution in [1.29, 1.82) is 0 Å². The Hall–Kier alpha value is -4.00. The lowest BCUT2D eigenvalue weighted by molar-refractivity contribution is 0.0726. The lowest BCUT2D eigenvalue weighted by Gasteiger charge is -2.18. The van der Waals surface area contributed by atoms with Crippen LogP contribution in [0, 0.1) is 0 Å². The van der Waals surface area contributed by atoms with Crippen molar-refractivity contribution >= 4 is 11.8 Å². The summed E-state index contributed by atoms with van der Waals surface area (Å²) in [7, 11) is 4.24. The van der Waals surface area contributed by atoms with E-state index in [0.717, 1.165) is 5.56 Å². The Morgan fingerprint density at radius 3 is 2.00 bits per heavy atom. The van der Waals surface area contributed by atoms with E-state index in [0.29, 0.717) is 12.4 Å². The molecule has 0 bridgehead atoms. The maximum absolute atomic E-state index is 12.8. The van der Waals surface area contributed by atoms with Gasteiger partial charge < -0.3 is 23.7 Å². The van der Waals surface area contributed by atoms with Gasteiger partial charge in [0.25, 0.3) is 0 Å².